The van der Waals surface area contributed by atoms with E-state index in [1.807, 2.05) is 31.2 Å². The van der Waals surface area contributed by atoms with Gasteiger partial charge in [0.1, 0.15) is 6.33 Å². The molecule has 1 N–H and O–H groups in total. The maximum Gasteiger partial charge on any atom is 0.251 e. The number of nitrogens with zero attached hydrogens (tertiary/aromatic N) is 8. The minimum Gasteiger partial charge on any atom is -0.348 e. The van der Waals surface area contributed by atoms with E-state index in [9.17, 15) is 4.79 Å². The standard InChI is InChI=1S/C26H29N9O/c1-19-4-6-21(7-5-19)22-14-23(16-24(15-22)35-18-29-31-32-35)25(36)30-20(2)17-33-10-12-34(13-11-33)26-27-8-3-9-28-26/h3-9,14-16,18,20H,10-13,17H2,1-2H3,(H,30,36). The van der Waals surface area contributed by atoms with Crippen molar-refractivity contribution in [2.45, 2.75) is 19.9 Å². The third kappa shape index (κ3) is 5.55. The molecule has 2 aromatic heterocycles. The molecule has 1 unspecified atom stereocenters. The first-order valence-corrected chi connectivity index (χ1v) is 12.1. The maximum absolute atomic E-state index is 13.3. The summed E-state index contributed by atoms with van der Waals surface area (Å²) in [5.41, 5.74) is 4.43. The second-order valence-corrected chi connectivity index (χ2v) is 9.10. The number of hydrogen-bond donors (Lipinski definition) is 1. The Kier molecular flexibility index (Phi) is 6.94. The van der Waals surface area contributed by atoms with Gasteiger partial charge in [0.05, 0.1) is 5.69 Å². The summed E-state index contributed by atoms with van der Waals surface area (Å²) in [4.78, 5) is 26.5. The van der Waals surface area contributed by atoms with Crippen molar-refractivity contribution < 1.29 is 4.79 Å². The zero-order chi connectivity index (χ0) is 24.9. The Morgan fingerprint density at radius 3 is 2.44 bits per heavy atom. The molecule has 10 heteroatoms. The molecular formula is C26H29N9O. The van der Waals surface area contributed by atoms with Crippen LogP contribution in [0.5, 0.6) is 0 Å². The number of carbonyl (C=O) groups is 1. The summed E-state index contributed by atoms with van der Waals surface area (Å²) in [5.74, 6) is 0.646. The molecule has 0 saturated carbocycles. The van der Waals surface area contributed by atoms with E-state index in [0.29, 0.717) is 5.56 Å². The van der Waals surface area contributed by atoms with Gasteiger partial charge in [0.2, 0.25) is 5.95 Å². The van der Waals surface area contributed by atoms with Crippen LogP contribution >= 0.6 is 0 Å². The summed E-state index contributed by atoms with van der Waals surface area (Å²) in [6, 6.07) is 15.8. The van der Waals surface area contributed by atoms with E-state index in [4.69, 9.17) is 0 Å². The normalized spacial score (nSPS) is 15.0. The van der Waals surface area contributed by atoms with E-state index in [0.717, 1.165) is 55.5 Å². The number of benzene rings is 2. The lowest BCUT2D eigenvalue weighted by Crippen LogP contribution is -2.51. The molecular weight excluding hydrogens is 454 g/mol. The summed E-state index contributed by atoms with van der Waals surface area (Å²) in [6.07, 6.45) is 5.06. The lowest BCUT2D eigenvalue weighted by Gasteiger charge is -2.35. The number of piperazine rings is 1. The van der Waals surface area contributed by atoms with Crippen LogP contribution in [0.4, 0.5) is 5.95 Å². The fraction of sp³-hybridized carbons (Fsp3) is 0.308. The van der Waals surface area contributed by atoms with Crippen molar-refractivity contribution in [2.24, 2.45) is 0 Å². The monoisotopic (exact) mass is 483 g/mol. The molecule has 4 aromatic rings. The molecule has 1 aliphatic heterocycles. The van der Waals surface area contributed by atoms with Gasteiger partial charge in [-0.2, -0.15) is 0 Å². The molecule has 5 rings (SSSR count). The first-order valence-electron chi connectivity index (χ1n) is 12.1. The topological polar surface area (TPSA) is 105 Å². The number of hydrogen-bond acceptors (Lipinski definition) is 8. The highest BCUT2D eigenvalue weighted by Crippen LogP contribution is 2.24. The summed E-state index contributed by atoms with van der Waals surface area (Å²) in [7, 11) is 0. The van der Waals surface area contributed by atoms with Crippen LogP contribution in [0.15, 0.2) is 67.3 Å². The van der Waals surface area contributed by atoms with E-state index in [-0.39, 0.29) is 11.9 Å². The molecule has 0 spiro atoms. The van der Waals surface area contributed by atoms with Crippen LogP contribution < -0.4 is 10.2 Å². The Balaban J connectivity index is 1.26. The second-order valence-electron chi connectivity index (χ2n) is 9.10. The molecule has 0 radical (unpaired) electrons. The lowest BCUT2D eigenvalue weighted by molar-refractivity contribution is 0.0928. The minimum absolute atomic E-state index is 0.0171. The van der Waals surface area contributed by atoms with Gasteiger partial charge in [-0.3, -0.25) is 9.69 Å². The Bertz CT molecular complexity index is 1290. The van der Waals surface area contributed by atoms with Gasteiger partial charge in [-0.1, -0.05) is 29.8 Å². The number of carbonyl (C=O) groups excluding carboxylic acids is 1. The third-order valence-electron chi connectivity index (χ3n) is 6.30. The van der Waals surface area contributed by atoms with Crippen LogP contribution in [-0.2, 0) is 0 Å². The molecule has 0 aliphatic carbocycles. The number of aromatic nitrogens is 6. The summed E-state index contributed by atoms with van der Waals surface area (Å²) in [6.45, 7) is 8.37. The first-order chi connectivity index (χ1) is 17.5. The van der Waals surface area contributed by atoms with Crippen LogP contribution in [0.25, 0.3) is 16.8 Å². The summed E-state index contributed by atoms with van der Waals surface area (Å²) in [5, 5.41) is 14.7. The minimum atomic E-state index is -0.123. The van der Waals surface area contributed by atoms with Gasteiger partial charge < -0.3 is 10.2 Å². The van der Waals surface area contributed by atoms with Gasteiger partial charge in [0, 0.05) is 56.7 Å². The SMILES string of the molecule is Cc1ccc(-c2cc(C(=O)NC(C)CN3CCN(c4ncccn4)CC3)cc(-n3cnnn3)c2)cc1. The molecule has 1 saturated heterocycles. The number of nitrogens with one attached hydrogen (secondary N) is 1. The van der Waals surface area contributed by atoms with Gasteiger partial charge in [-0.05, 0) is 59.7 Å². The molecule has 1 amide bonds. The van der Waals surface area contributed by atoms with Crippen molar-refractivity contribution in [1.82, 2.24) is 40.4 Å². The molecule has 0 bridgehead atoms. The number of anilines is 1. The van der Waals surface area contributed by atoms with Crippen LogP contribution in [0.1, 0.15) is 22.8 Å². The first kappa shape index (κ1) is 23.6. The van der Waals surface area contributed by atoms with E-state index >= 15 is 0 Å². The molecule has 3 heterocycles. The van der Waals surface area contributed by atoms with Gasteiger partial charge in [0.15, 0.2) is 0 Å². The molecule has 10 nitrogen and oxygen atoms in total. The van der Waals surface area contributed by atoms with Crippen molar-refractivity contribution >= 4 is 11.9 Å². The Labute approximate surface area is 210 Å². The Morgan fingerprint density at radius 1 is 1.00 bits per heavy atom. The van der Waals surface area contributed by atoms with Gasteiger partial charge in [-0.25, -0.2) is 14.6 Å². The highest BCUT2D eigenvalue weighted by atomic mass is 16.1. The predicted octanol–water partition coefficient (Wildman–Crippen LogP) is 2.37. The average Bonchev–Trinajstić information content (AvgIpc) is 3.45. The predicted molar refractivity (Wildman–Crippen MR) is 137 cm³/mol. The number of rotatable bonds is 7. The zero-order valence-electron chi connectivity index (χ0n) is 20.4. The van der Waals surface area contributed by atoms with Crippen molar-refractivity contribution in [1.29, 1.82) is 0 Å². The van der Waals surface area contributed by atoms with Gasteiger partial charge in [-0.15, -0.1) is 5.10 Å². The largest absolute Gasteiger partial charge is 0.348 e. The second kappa shape index (κ2) is 10.6. The van der Waals surface area contributed by atoms with Crippen molar-refractivity contribution in [3.8, 4) is 16.8 Å². The number of amides is 1. The smallest absolute Gasteiger partial charge is 0.251 e. The molecule has 1 aliphatic rings. The van der Waals surface area contributed by atoms with E-state index in [1.54, 1.807) is 17.1 Å². The zero-order valence-corrected chi connectivity index (χ0v) is 20.4. The molecule has 1 atom stereocenters. The van der Waals surface area contributed by atoms with E-state index < -0.39 is 0 Å². The molecule has 2 aromatic carbocycles. The van der Waals surface area contributed by atoms with Gasteiger partial charge >= 0.3 is 0 Å². The van der Waals surface area contributed by atoms with Crippen molar-refractivity contribution in [3.05, 3.63) is 78.4 Å². The van der Waals surface area contributed by atoms with E-state index in [1.165, 1.54) is 11.9 Å². The maximum atomic E-state index is 13.3. The fourth-order valence-electron chi connectivity index (χ4n) is 4.39. The number of tetrazole rings is 1. The molecule has 184 valence electrons. The van der Waals surface area contributed by atoms with Crippen LogP contribution in [-0.4, -0.2) is 79.7 Å². The Hall–Kier alpha value is -4.18. The van der Waals surface area contributed by atoms with Crippen molar-refractivity contribution in [2.75, 3.05) is 37.6 Å². The molecule has 1 fully saturated rings. The van der Waals surface area contributed by atoms with Crippen molar-refractivity contribution in [3.63, 3.8) is 0 Å². The highest BCUT2D eigenvalue weighted by molar-refractivity contribution is 5.96. The summed E-state index contributed by atoms with van der Waals surface area (Å²) >= 11 is 0. The number of aryl methyl sites for hydroxylation is 1. The quantitative estimate of drug-likeness (QED) is 0.427. The van der Waals surface area contributed by atoms with Crippen LogP contribution in [0.2, 0.25) is 0 Å². The van der Waals surface area contributed by atoms with E-state index in [2.05, 4.69) is 71.8 Å². The molecule has 36 heavy (non-hydrogen) atoms. The Morgan fingerprint density at radius 2 is 1.75 bits per heavy atom. The van der Waals surface area contributed by atoms with Gasteiger partial charge in [0.25, 0.3) is 5.91 Å². The lowest BCUT2D eigenvalue weighted by atomic mass is 10.0. The van der Waals surface area contributed by atoms with Crippen LogP contribution in [0.3, 0.4) is 0 Å². The third-order valence-corrected chi connectivity index (χ3v) is 6.30. The summed E-state index contributed by atoms with van der Waals surface area (Å²) < 4.78 is 1.56. The highest BCUT2D eigenvalue weighted by Gasteiger charge is 2.21. The fourth-order valence-corrected chi connectivity index (χ4v) is 4.39. The average molecular weight is 484 g/mol. The van der Waals surface area contributed by atoms with Crippen LogP contribution in [0, 0.1) is 6.92 Å².